The number of hydrogen-bond acceptors (Lipinski definition) is 5. The van der Waals surface area contributed by atoms with E-state index in [1.807, 2.05) is 6.92 Å². The second kappa shape index (κ2) is 7.89. The van der Waals surface area contributed by atoms with E-state index in [-0.39, 0.29) is 35.0 Å². The predicted octanol–water partition coefficient (Wildman–Crippen LogP) is 3.62. The number of carbonyl (C=O) groups is 2. The molecule has 3 N–H and O–H groups in total. The zero-order chi connectivity index (χ0) is 20.7. The van der Waals surface area contributed by atoms with Crippen molar-refractivity contribution in [1.82, 2.24) is 9.88 Å². The van der Waals surface area contributed by atoms with E-state index in [0.29, 0.717) is 36.6 Å². The van der Waals surface area contributed by atoms with Gasteiger partial charge in [0.15, 0.2) is 5.13 Å². The number of halogens is 2. The maximum absolute atomic E-state index is 13.3. The Bertz CT molecular complexity index is 963. The van der Waals surface area contributed by atoms with Gasteiger partial charge < -0.3 is 20.6 Å². The van der Waals surface area contributed by atoms with Gasteiger partial charge >= 0.3 is 6.03 Å². The van der Waals surface area contributed by atoms with Crippen LogP contribution in [0.5, 0.6) is 0 Å². The Balaban J connectivity index is 1.42. The first-order chi connectivity index (χ1) is 13.8. The van der Waals surface area contributed by atoms with Crippen LogP contribution < -0.4 is 10.6 Å². The Morgan fingerprint density at radius 1 is 1.34 bits per heavy atom. The van der Waals surface area contributed by atoms with Crippen LogP contribution in [0.25, 0.3) is 0 Å². The van der Waals surface area contributed by atoms with Gasteiger partial charge in [0.2, 0.25) is 5.91 Å². The van der Waals surface area contributed by atoms with Gasteiger partial charge in [0.25, 0.3) is 0 Å². The van der Waals surface area contributed by atoms with Gasteiger partial charge in [-0.3, -0.25) is 4.79 Å². The lowest BCUT2D eigenvalue weighted by atomic mass is 9.82. The SMILES string of the molecule is C[C@H]1Cc2nc(NC(=O)[C@H]3C[C@H](O)C3)sc2CN1C(=O)Nc1ccc(F)c(Cl)c1. The molecule has 0 unspecified atom stereocenters. The minimum atomic E-state index is -0.545. The number of nitrogens with zero attached hydrogens (tertiary/aromatic N) is 2. The molecule has 4 rings (SSSR count). The second-order valence-electron chi connectivity index (χ2n) is 7.44. The van der Waals surface area contributed by atoms with Crippen LogP contribution in [0.4, 0.5) is 20.0 Å². The fourth-order valence-corrected chi connectivity index (χ4v) is 4.64. The fourth-order valence-electron chi connectivity index (χ4n) is 3.47. The fraction of sp³-hybridized carbons (Fsp3) is 0.421. The molecule has 1 aromatic heterocycles. The largest absolute Gasteiger partial charge is 0.393 e. The summed E-state index contributed by atoms with van der Waals surface area (Å²) < 4.78 is 13.3. The summed E-state index contributed by atoms with van der Waals surface area (Å²) in [5, 5.41) is 15.4. The minimum absolute atomic E-state index is 0.0569. The smallest absolute Gasteiger partial charge is 0.322 e. The summed E-state index contributed by atoms with van der Waals surface area (Å²) >= 11 is 7.13. The molecule has 0 saturated heterocycles. The lowest BCUT2D eigenvalue weighted by Crippen LogP contribution is -2.44. The van der Waals surface area contributed by atoms with Crippen molar-refractivity contribution in [3.05, 3.63) is 39.6 Å². The Labute approximate surface area is 175 Å². The lowest BCUT2D eigenvalue weighted by molar-refractivity contribution is -0.126. The highest BCUT2D eigenvalue weighted by atomic mass is 35.5. The summed E-state index contributed by atoms with van der Waals surface area (Å²) in [6.45, 7) is 2.29. The number of benzene rings is 1. The maximum atomic E-state index is 13.3. The molecular weight excluding hydrogens is 419 g/mol. The Hall–Kier alpha value is -2.23. The van der Waals surface area contributed by atoms with Crippen molar-refractivity contribution in [1.29, 1.82) is 0 Å². The third-order valence-electron chi connectivity index (χ3n) is 5.26. The van der Waals surface area contributed by atoms with E-state index < -0.39 is 5.82 Å². The molecule has 7 nitrogen and oxygen atoms in total. The third kappa shape index (κ3) is 4.22. The topological polar surface area (TPSA) is 94.6 Å². The number of fused-ring (bicyclic) bond motifs is 1. The van der Waals surface area contributed by atoms with Crippen LogP contribution >= 0.6 is 22.9 Å². The Morgan fingerprint density at radius 2 is 2.10 bits per heavy atom. The Morgan fingerprint density at radius 3 is 2.79 bits per heavy atom. The average molecular weight is 439 g/mol. The monoisotopic (exact) mass is 438 g/mol. The van der Waals surface area contributed by atoms with Crippen molar-refractivity contribution in [2.75, 3.05) is 10.6 Å². The van der Waals surface area contributed by atoms with E-state index in [2.05, 4.69) is 15.6 Å². The quantitative estimate of drug-likeness (QED) is 0.682. The molecule has 1 aliphatic carbocycles. The third-order valence-corrected chi connectivity index (χ3v) is 6.55. The van der Waals surface area contributed by atoms with Crippen molar-refractivity contribution in [3.63, 3.8) is 0 Å². The van der Waals surface area contributed by atoms with Gasteiger partial charge in [-0.15, -0.1) is 0 Å². The first-order valence-corrected chi connectivity index (χ1v) is 10.5. The molecule has 1 aliphatic heterocycles. The second-order valence-corrected chi connectivity index (χ2v) is 8.93. The van der Waals surface area contributed by atoms with Crippen LogP contribution in [0.2, 0.25) is 5.02 Å². The van der Waals surface area contributed by atoms with Crippen LogP contribution in [0, 0.1) is 11.7 Å². The van der Waals surface area contributed by atoms with Crippen molar-refractivity contribution >= 4 is 45.7 Å². The van der Waals surface area contributed by atoms with Crippen LogP contribution in [0.1, 0.15) is 30.3 Å². The van der Waals surface area contributed by atoms with E-state index >= 15 is 0 Å². The average Bonchev–Trinajstić information content (AvgIpc) is 3.02. The van der Waals surface area contributed by atoms with Gasteiger partial charge in [0, 0.05) is 28.9 Å². The zero-order valence-corrected chi connectivity index (χ0v) is 17.2. The number of nitrogens with one attached hydrogen (secondary N) is 2. The van der Waals surface area contributed by atoms with Gasteiger partial charge in [-0.05, 0) is 38.0 Å². The molecule has 10 heteroatoms. The normalized spacial score (nSPS) is 23.2. The predicted molar refractivity (Wildman–Crippen MR) is 109 cm³/mol. The summed E-state index contributed by atoms with van der Waals surface area (Å²) in [6, 6.07) is 3.62. The minimum Gasteiger partial charge on any atom is -0.393 e. The van der Waals surface area contributed by atoms with Crippen LogP contribution in [0.3, 0.4) is 0 Å². The van der Waals surface area contributed by atoms with E-state index in [9.17, 15) is 19.1 Å². The van der Waals surface area contributed by atoms with Crippen LogP contribution in [-0.2, 0) is 17.8 Å². The van der Waals surface area contributed by atoms with E-state index in [1.165, 1.54) is 29.5 Å². The lowest BCUT2D eigenvalue weighted by Gasteiger charge is -2.32. The molecule has 1 saturated carbocycles. The van der Waals surface area contributed by atoms with Gasteiger partial charge in [0.05, 0.1) is 23.4 Å². The summed E-state index contributed by atoms with van der Waals surface area (Å²) in [5.41, 5.74) is 1.29. The van der Waals surface area contributed by atoms with Crippen molar-refractivity contribution in [2.24, 2.45) is 5.92 Å². The number of aliphatic hydroxyl groups excluding tert-OH is 1. The highest BCUT2D eigenvalue weighted by Gasteiger charge is 2.34. The van der Waals surface area contributed by atoms with Crippen LogP contribution in [-0.4, -0.2) is 39.1 Å². The number of thiazole rings is 1. The molecule has 0 radical (unpaired) electrons. The highest BCUT2D eigenvalue weighted by Crippen LogP contribution is 2.33. The van der Waals surface area contributed by atoms with Crippen molar-refractivity contribution < 1.29 is 19.1 Å². The Kier molecular flexibility index (Phi) is 5.46. The van der Waals surface area contributed by atoms with E-state index in [4.69, 9.17) is 11.6 Å². The molecule has 29 heavy (non-hydrogen) atoms. The van der Waals surface area contributed by atoms with Crippen molar-refractivity contribution in [2.45, 2.75) is 44.9 Å². The molecule has 2 heterocycles. The summed E-state index contributed by atoms with van der Waals surface area (Å²) in [6.07, 6.45) is 1.14. The number of aromatic nitrogens is 1. The molecule has 2 aromatic rings. The highest BCUT2D eigenvalue weighted by molar-refractivity contribution is 7.15. The standard InChI is InChI=1S/C19H20ClFN4O3S/c1-9-4-15-16(29-18(23-15)24-17(27)10-5-12(26)6-10)8-25(9)19(28)22-11-2-3-14(21)13(20)7-11/h2-3,7,9-10,12,26H,4-6,8H2,1H3,(H,22,28)(H,23,24,27)/t9-,10-,12-/m0/s1. The summed E-state index contributed by atoms with van der Waals surface area (Å²) in [4.78, 5) is 32.0. The van der Waals surface area contributed by atoms with Gasteiger partial charge in [-0.25, -0.2) is 14.2 Å². The zero-order valence-electron chi connectivity index (χ0n) is 15.6. The number of hydrogen-bond donors (Lipinski definition) is 3. The van der Waals surface area contributed by atoms with E-state index in [0.717, 1.165) is 10.6 Å². The summed E-state index contributed by atoms with van der Waals surface area (Å²) in [7, 11) is 0. The maximum Gasteiger partial charge on any atom is 0.322 e. The number of urea groups is 1. The first kappa shape index (κ1) is 20.1. The molecule has 1 aromatic carbocycles. The molecule has 0 bridgehead atoms. The molecule has 2 aliphatic rings. The number of carbonyl (C=O) groups excluding carboxylic acids is 2. The molecule has 0 spiro atoms. The number of amides is 3. The molecule has 154 valence electrons. The first-order valence-electron chi connectivity index (χ1n) is 9.30. The number of aliphatic hydroxyl groups is 1. The molecular formula is C19H20ClFN4O3S. The number of rotatable bonds is 3. The van der Waals surface area contributed by atoms with Gasteiger partial charge in [-0.1, -0.05) is 22.9 Å². The molecule has 3 amide bonds. The summed E-state index contributed by atoms with van der Waals surface area (Å²) in [5.74, 6) is -0.844. The van der Waals surface area contributed by atoms with Crippen LogP contribution in [0.15, 0.2) is 18.2 Å². The molecule has 1 atom stereocenters. The number of anilines is 2. The van der Waals surface area contributed by atoms with E-state index in [1.54, 1.807) is 4.90 Å². The van der Waals surface area contributed by atoms with Crippen molar-refractivity contribution in [3.8, 4) is 0 Å². The van der Waals surface area contributed by atoms with Gasteiger partial charge in [0.1, 0.15) is 5.82 Å². The van der Waals surface area contributed by atoms with Gasteiger partial charge in [-0.2, -0.15) is 0 Å². The molecule has 1 fully saturated rings.